The molecule has 0 aromatic heterocycles. The Hall–Kier alpha value is -0.240. The van der Waals surface area contributed by atoms with Crippen LogP contribution in [-0.2, 0) is 0 Å². The van der Waals surface area contributed by atoms with E-state index in [4.69, 9.17) is 11.6 Å². The minimum absolute atomic E-state index is 0.233. The molecule has 0 spiro atoms. The van der Waals surface area contributed by atoms with Crippen molar-refractivity contribution in [2.45, 2.75) is 39.7 Å². The molecule has 0 aromatic rings. The first kappa shape index (κ1) is 9.85. The number of carbonyl (C=O) groups excluding carboxylic acids is 1. The molecule has 1 aliphatic rings. The van der Waals surface area contributed by atoms with Crippen LogP contribution in [0.2, 0.25) is 0 Å². The molecule has 0 bridgehead atoms. The number of amides is 1. The standard InChI is InChI=1S/C9H16ClNO/c1-7-4-5-9(2,3)6-11(7)8(10)12/h7H,4-6H2,1-3H3. The second-order valence-electron chi connectivity index (χ2n) is 4.43. The van der Waals surface area contributed by atoms with Crippen molar-refractivity contribution in [1.82, 2.24) is 4.90 Å². The summed E-state index contributed by atoms with van der Waals surface area (Å²) >= 11 is 5.47. The lowest BCUT2D eigenvalue weighted by atomic mass is 9.82. The summed E-state index contributed by atoms with van der Waals surface area (Å²) in [6.45, 7) is 7.18. The van der Waals surface area contributed by atoms with Gasteiger partial charge in [0, 0.05) is 12.6 Å². The third-order valence-corrected chi connectivity index (χ3v) is 2.81. The Balaban J connectivity index is 2.66. The summed E-state index contributed by atoms with van der Waals surface area (Å²) in [5.74, 6) is 0. The number of hydrogen-bond donors (Lipinski definition) is 0. The van der Waals surface area contributed by atoms with Crippen LogP contribution in [0.3, 0.4) is 0 Å². The van der Waals surface area contributed by atoms with E-state index in [9.17, 15) is 4.79 Å². The first-order valence-corrected chi connectivity index (χ1v) is 4.76. The number of hydrogen-bond acceptors (Lipinski definition) is 1. The summed E-state index contributed by atoms with van der Waals surface area (Å²) in [6, 6.07) is 0.308. The molecule has 1 fully saturated rings. The van der Waals surface area contributed by atoms with Crippen molar-refractivity contribution in [3.63, 3.8) is 0 Å². The van der Waals surface area contributed by atoms with Crippen LogP contribution in [0, 0.1) is 5.41 Å². The minimum atomic E-state index is -0.310. The molecule has 0 aromatic carbocycles. The number of piperidine rings is 1. The molecule has 3 heteroatoms. The average molecular weight is 190 g/mol. The van der Waals surface area contributed by atoms with Crippen molar-refractivity contribution in [2.75, 3.05) is 6.54 Å². The highest BCUT2D eigenvalue weighted by Gasteiger charge is 2.32. The molecule has 1 aliphatic heterocycles. The van der Waals surface area contributed by atoms with E-state index in [2.05, 4.69) is 20.8 Å². The van der Waals surface area contributed by atoms with Gasteiger partial charge in [-0.1, -0.05) is 13.8 Å². The van der Waals surface area contributed by atoms with Gasteiger partial charge in [-0.25, -0.2) is 0 Å². The monoisotopic (exact) mass is 189 g/mol. The maximum absolute atomic E-state index is 11.0. The normalized spacial score (nSPS) is 28.7. The molecule has 0 radical (unpaired) electrons. The Labute approximate surface area is 78.9 Å². The third-order valence-electron chi connectivity index (χ3n) is 2.60. The van der Waals surface area contributed by atoms with Gasteiger partial charge < -0.3 is 4.90 Å². The predicted molar refractivity (Wildman–Crippen MR) is 50.4 cm³/mol. The predicted octanol–water partition coefficient (Wildman–Crippen LogP) is 2.86. The molecule has 1 heterocycles. The third kappa shape index (κ3) is 2.13. The summed E-state index contributed by atoms with van der Waals surface area (Å²) < 4.78 is 0. The van der Waals surface area contributed by atoms with Crippen molar-refractivity contribution in [3.05, 3.63) is 0 Å². The fourth-order valence-electron chi connectivity index (χ4n) is 1.69. The Morgan fingerprint density at radius 1 is 1.58 bits per heavy atom. The molecule has 70 valence electrons. The highest BCUT2D eigenvalue weighted by atomic mass is 35.5. The largest absolute Gasteiger partial charge is 0.326 e. The highest BCUT2D eigenvalue weighted by molar-refractivity contribution is 6.62. The van der Waals surface area contributed by atoms with Crippen LogP contribution < -0.4 is 0 Å². The van der Waals surface area contributed by atoms with Crippen molar-refractivity contribution in [3.8, 4) is 0 Å². The molecule has 1 rings (SSSR count). The molecule has 1 atom stereocenters. The van der Waals surface area contributed by atoms with Crippen LogP contribution in [0.15, 0.2) is 0 Å². The van der Waals surface area contributed by atoms with Gasteiger partial charge in [-0.15, -0.1) is 0 Å². The SMILES string of the molecule is CC1CCC(C)(C)CN1C(=O)Cl. The lowest BCUT2D eigenvalue weighted by Gasteiger charge is -2.41. The fraction of sp³-hybridized carbons (Fsp3) is 0.889. The molecule has 0 aliphatic carbocycles. The first-order chi connectivity index (χ1) is 5.42. The van der Waals surface area contributed by atoms with Gasteiger partial charge in [0.05, 0.1) is 0 Å². The lowest BCUT2D eigenvalue weighted by molar-refractivity contribution is 0.107. The van der Waals surface area contributed by atoms with Crippen molar-refractivity contribution in [2.24, 2.45) is 5.41 Å². The van der Waals surface area contributed by atoms with E-state index >= 15 is 0 Å². The van der Waals surface area contributed by atoms with Crippen LogP contribution in [0.5, 0.6) is 0 Å². The Bertz CT molecular complexity index is 191. The minimum Gasteiger partial charge on any atom is -0.326 e. The molecule has 0 N–H and O–H groups in total. The summed E-state index contributed by atoms with van der Waals surface area (Å²) in [5.41, 5.74) is 0.233. The second kappa shape index (κ2) is 3.25. The van der Waals surface area contributed by atoms with Gasteiger partial charge in [0.15, 0.2) is 0 Å². The quantitative estimate of drug-likeness (QED) is 0.424. The highest BCUT2D eigenvalue weighted by Crippen LogP contribution is 2.32. The summed E-state index contributed by atoms with van der Waals surface area (Å²) in [4.78, 5) is 12.7. The summed E-state index contributed by atoms with van der Waals surface area (Å²) in [6.07, 6.45) is 2.24. The number of halogens is 1. The van der Waals surface area contributed by atoms with Gasteiger partial charge in [0.2, 0.25) is 0 Å². The zero-order chi connectivity index (χ0) is 9.35. The van der Waals surface area contributed by atoms with Gasteiger partial charge >= 0.3 is 5.37 Å². The number of nitrogens with zero attached hydrogens (tertiary/aromatic N) is 1. The molecule has 12 heavy (non-hydrogen) atoms. The van der Waals surface area contributed by atoms with Gasteiger partial charge in [-0.2, -0.15) is 0 Å². The smallest absolute Gasteiger partial charge is 0.316 e. The van der Waals surface area contributed by atoms with E-state index in [0.29, 0.717) is 6.04 Å². The van der Waals surface area contributed by atoms with E-state index in [-0.39, 0.29) is 10.8 Å². The van der Waals surface area contributed by atoms with E-state index in [1.54, 1.807) is 4.90 Å². The zero-order valence-corrected chi connectivity index (χ0v) is 8.69. The van der Waals surface area contributed by atoms with Crippen molar-refractivity contribution in [1.29, 1.82) is 0 Å². The van der Waals surface area contributed by atoms with Crippen molar-refractivity contribution >= 4 is 17.0 Å². The van der Waals surface area contributed by atoms with E-state index < -0.39 is 0 Å². The molecular formula is C9H16ClNO. The van der Waals surface area contributed by atoms with E-state index in [1.807, 2.05) is 0 Å². The van der Waals surface area contributed by atoms with Crippen LogP contribution in [0.25, 0.3) is 0 Å². The molecule has 1 unspecified atom stereocenters. The Morgan fingerprint density at radius 2 is 2.17 bits per heavy atom. The summed E-state index contributed by atoms with van der Waals surface area (Å²) in [5, 5.41) is -0.310. The Kier molecular flexibility index (Phi) is 2.67. The number of likely N-dealkylation sites (tertiary alicyclic amines) is 1. The van der Waals surface area contributed by atoms with Gasteiger partial charge in [-0.3, -0.25) is 4.79 Å². The summed E-state index contributed by atoms with van der Waals surface area (Å²) in [7, 11) is 0. The maximum atomic E-state index is 11.0. The van der Waals surface area contributed by atoms with Gasteiger partial charge in [0.25, 0.3) is 0 Å². The number of rotatable bonds is 0. The maximum Gasteiger partial charge on any atom is 0.316 e. The second-order valence-corrected chi connectivity index (χ2v) is 4.76. The van der Waals surface area contributed by atoms with E-state index in [1.165, 1.54) is 6.42 Å². The number of carbonyl (C=O) groups is 1. The van der Waals surface area contributed by atoms with Gasteiger partial charge in [0.1, 0.15) is 0 Å². The van der Waals surface area contributed by atoms with Crippen LogP contribution >= 0.6 is 11.6 Å². The lowest BCUT2D eigenvalue weighted by Crippen LogP contribution is -2.46. The molecule has 1 amide bonds. The Morgan fingerprint density at radius 3 is 2.58 bits per heavy atom. The average Bonchev–Trinajstić information content (AvgIpc) is 1.94. The fourth-order valence-corrected chi connectivity index (χ4v) is 1.91. The molecular weight excluding hydrogens is 174 g/mol. The molecule has 0 saturated carbocycles. The van der Waals surface area contributed by atoms with Crippen LogP contribution in [0.1, 0.15) is 33.6 Å². The van der Waals surface area contributed by atoms with Gasteiger partial charge in [-0.05, 0) is 36.8 Å². The van der Waals surface area contributed by atoms with E-state index in [0.717, 1.165) is 13.0 Å². The van der Waals surface area contributed by atoms with Crippen molar-refractivity contribution < 1.29 is 4.79 Å². The van der Waals surface area contributed by atoms with Crippen LogP contribution in [0.4, 0.5) is 4.79 Å². The molecule has 1 saturated heterocycles. The molecule has 2 nitrogen and oxygen atoms in total. The topological polar surface area (TPSA) is 20.3 Å². The van der Waals surface area contributed by atoms with Crippen LogP contribution in [-0.4, -0.2) is 22.9 Å². The first-order valence-electron chi connectivity index (χ1n) is 4.38. The zero-order valence-electron chi connectivity index (χ0n) is 7.93.